The molecule has 0 aromatic rings. The second-order valence-corrected chi connectivity index (χ2v) is 14.7. The Bertz CT molecular complexity index is 925. The van der Waals surface area contributed by atoms with E-state index in [0.29, 0.717) is 12.8 Å². The summed E-state index contributed by atoms with van der Waals surface area (Å²) in [6.07, 6.45) is 45.2. The first-order valence-electron chi connectivity index (χ1n) is 19.3. The number of carbonyl (C=O) groups excluding carboxylic acids is 1. The summed E-state index contributed by atoms with van der Waals surface area (Å²) in [5.41, 5.74) is 0. The van der Waals surface area contributed by atoms with Crippen LogP contribution >= 0.6 is 0 Å². The first-order valence-corrected chi connectivity index (χ1v) is 20.9. The maximum atomic E-state index is 12.5. The van der Waals surface area contributed by atoms with E-state index in [1.54, 1.807) is 6.08 Å². The normalized spacial score (nSPS) is 13.9. The third-order valence-corrected chi connectivity index (χ3v) is 9.24. The lowest BCUT2D eigenvalue weighted by Gasteiger charge is -2.21. The zero-order valence-corrected chi connectivity index (χ0v) is 31.2. The fourth-order valence-electron chi connectivity index (χ4n) is 5.53. The van der Waals surface area contributed by atoms with Gasteiger partial charge in [-0.3, -0.25) is 9.35 Å². The number of aliphatic hydroxyl groups is 1. The van der Waals surface area contributed by atoms with Crippen molar-refractivity contribution in [3.05, 3.63) is 48.6 Å². The van der Waals surface area contributed by atoms with Gasteiger partial charge in [0.1, 0.15) is 0 Å². The molecule has 1 amide bonds. The minimum absolute atomic E-state index is 0.273. The monoisotopic (exact) mass is 680 g/mol. The predicted octanol–water partition coefficient (Wildman–Crippen LogP) is 11.1. The van der Waals surface area contributed by atoms with Gasteiger partial charge < -0.3 is 10.4 Å². The van der Waals surface area contributed by atoms with E-state index in [2.05, 4.69) is 55.6 Å². The summed E-state index contributed by atoms with van der Waals surface area (Å²) in [5.74, 6) is -1.02. The molecule has 2 atom stereocenters. The lowest BCUT2D eigenvalue weighted by atomic mass is 10.1. The van der Waals surface area contributed by atoms with Crippen molar-refractivity contribution in [3.8, 4) is 0 Å². The van der Waals surface area contributed by atoms with Crippen molar-refractivity contribution in [1.82, 2.24) is 5.32 Å². The fraction of sp³-hybridized carbons (Fsp3) is 0.775. The zero-order chi connectivity index (χ0) is 34.7. The summed E-state index contributed by atoms with van der Waals surface area (Å²) in [7, 11) is -4.36. The van der Waals surface area contributed by atoms with Gasteiger partial charge in [0.15, 0.2) is 0 Å². The highest BCUT2D eigenvalue weighted by Crippen LogP contribution is 2.12. The Balaban J connectivity index is 4.07. The number of rotatable bonds is 34. The smallest absolute Gasteiger partial charge is 0.267 e. The van der Waals surface area contributed by atoms with E-state index in [9.17, 15) is 22.9 Å². The van der Waals surface area contributed by atoms with Crippen LogP contribution in [-0.2, 0) is 14.9 Å². The molecule has 6 nitrogen and oxygen atoms in total. The van der Waals surface area contributed by atoms with Gasteiger partial charge in [-0.25, -0.2) is 0 Å². The SMILES string of the molecule is CCCCCCCC/C=C\CCCCCCCC(=O)NC(CS(=O)(=O)O)C(O)/C=C/CC/C=C/CC/C=C/CCCCCCCCC. The summed E-state index contributed by atoms with van der Waals surface area (Å²) in [6.45, 7) is 4.50. The van der Waals surface area contributed by atoms with Crippen molar-refractivity contribution >= 4 is 16.0 Å². The molecule has 0 aromatic carbocycles. The van der Waals surface area contributed by atoms with Crippen LogP contribution in [0.4, 0.5) is 0 Å². The van der Waals surface area contributed by atoms with Crippen molar-refractivity contribution in [3.63, 3.8) is 0 Å². The lowest BCUT2D eigenvalue weighted by molar-refractivity contribution is -0.122. The maximum absolute atomic E-state index is 12.5. The van der Waals surface area contributed by atoms with Gasteiger partial charge in [-0.15, -0.1) is 0 Å². The number of hydrogen-bond acceptors (Lipinski definition) is 4. The van der Waals surface area contributed by atoms with E-state index in [1.807, 2.05) is 0 Å². The molecular weight excluding hydrogens is 607 g/mol. The lowest BCUT2D eigenvalue weighted by Crippen LogP contribution is -2.46. The summed E-state index contributed by atoms with van der Waals surface area (Å²) in [4.78, 5) is 12.5. The second kappa shape index (κ2) is 34.2. The fourth-order valence-corrected chi connectivity index (χ4v) is 6.27. The quantitative estimate of drug-likeness (QED) is 0.0357. The number of carbonyl (C=O) groups is 1. The zero-order valence-electron chi connectivity index (χ0n) is 30.4. The van der Waals surface area contributed by atoms with Crippen molar-refractivity contribution < 1.29 is 22.9 Å². The van der Waals surface area contributed by atoms with Crippen LogP contribution < -0.4 is 5.32 Å². The van der Waals surface area contributed by atoms with Gasteiger partial charge in [0.25, 0.3) is 10.1 Å². The molecule has 274 valence electrons. The molecule has 0 heterocycles. The van der Waals surface area contributed by atoms with Crippen molar-refractivity contribution in [2.24, 2.45) is 0 Å². The van der Waals surface area contributed by atoms with E-state index >= 15 is 0 Å². The van der Waals surface area contributed by atoms with E-state index in [1.165, 1.54) is 102 Å². The van der Waals surface area contributed by atoms with Crippen LogP contribution in [0.3, 0.4) is 0 Å². The van der Waals surface area contributed by atoms with Crippen LogP contribution in [0, 0.1) is 0 Å². The second-order valence-electron chi connectivity index (χ2n) is 13.2. The molecule has 0 aliphatic carbocycles. The van der Waals surface area contributed by atoms with E-state index < -0.39 is 28.0 Å². The molecule has 3 N–H and O–H groups in total. The molecule has 2 unspecified atom stereocenters. The first kappa shape index (κ1) is 45.3. The Hall–Kier alpha value is -1.70. The molecule has 0 fully saturated rings. The number of aliphatic hydroxyl groups excluding tert-OH is 1. The Morgan fingerprint density at radius 1 is 0.553 bits per heavy atom. The molecule has 7 heteroatoms. The third kappa shape index (κ3) is 35.4. The standard InChI is InChI=1S/C40H73NO5S/c1-3-5-7-9-11-13-15-17-19-20-22-23-25-27-29-31-33-35-39(42)38(37-47(44,45)46)41-40(43)36-34-32-30-28-26-24-21-18-16-14-12-10-8-6-4-2/h18-21,25,27,33,35,38-39,42H,3-17,22-24,26,28-32,34,36-37H2,1-2H3,(H,41,43)(H,44,45,46)/b20-19+,21-18-,27-25+,35-33+. The average molecular weight is 680 g/mol. The van der Waals surface area contributed by atoms with Crippen LogP contribution in [0.5, 0.6) is 0 Å². The minimum Gasteiger partial charge on any atom is -0.387 e. The van der Waals surface area contributed by atoms with Crippen molar-refractivity contribution in [2.75, 3.05) is 5.75 Å². The summed E-state index contributed by atoms with van der Waals surface area (Å²) in [6, 6.07) is -1.08. The van der Waals surface area contributed by atoms with Crippen molar-refractivity contribution in [1.29, 1.82) is 0 Å². The van der Waals surface area contributed by atoms with Crippen LogP contribution in [0.1, 0.15) is 181 Å². The Morgan fingerprint density at radius 3 is 1.34 bits per heavy atom. The summed E-state index contributed by atoms with van der Waals surface area (Å²) < 4.78 is 32.4. The van der Waals surface area contributed by atoms with E-state index in [0.717, 1.165) is 51.4 Å². The Labute approximate surface area is 290 Å². The van der Waals surface area contributed by atoms with E-state index in [-0.39, 0.29) is 12.3 Å². The number of hydrogen-bond donors (Lipinski definition) is 3. The van der Waals surface area contributed by atoms with Gasteiger partial charge in [0.2, 0.25) is 5.91 Å². The predicted molar refractivity (Wildman–Crippen MR) is 202 cm³/mol. The van der Waals surface area contributed by atoms with Gasteiger partial charge >= 0.3 is 0 Å². The van der Waals surface area contributed by atoms with Gasteiger partial charge in [-0.1, -0.05) is 152 Å². The molecular formula is C40H73NO5S. The third-order valence-electron chi connectivity index (χ3n) is 8.46. The Kier molecular flexibility index (Phi) is 32.9. The average Bonchev–Trinajstić information content (AvgIpc) is 3.03. The molecule has 0 aromatic heterocycles. The molecule has 0 bridgehead atoms. The molecule has 0 saturated carbocycles. The van der Waals surface area contributed by atoms with Crippen LogP contribution in [-0.4, -0.2) is 41.9 Å². The highest BCUT2D eigenvalue weighted by atomic mass is 32.2. The van der Waals surface area contributed by atoms with E-state index in [4.69, 9.17) is 0 Å². The van der Waals surface area contributed by atoms with Crippen molar-refractivity contribution in [2.45, 2.75) is 193 Å². The van der Waals surface area contributed by atoms with Crippen LogP contribution in [0.25, 0.3) is 0 Å². The molecule has 0 spiro atoms. The largest absolute Gasteiger partial charge is 0.387 e. The van der Waals surface area contributed by atoms with Gasteiger partial charge in [0, 0.05) is 6.42 Å². The molecule has 47 heavy (non-hydrogen) atoms. The van der Waals surface area contributed by atoms with Gasteiger partial charge in [0.05, 0.1) is 17.9 Å². The summed E-state index contributed by atoms with van der Waals surface area (Å²) >= 11 is 0. The molecule has 0 rings (SSSR count). The minimum atomic E-state index is -4.36. The molecule has 0 aliphatic rings. The van der Waals surface area contributed by atoms with Gasteiger partial charge in [-0.2, -0.15) is 8.42 Å². The van der Waals surface area contributed by atoms with Gasteiger partial charge in [-0.05, 0) is 70.6 Å². The number of amides is 1. The molecule has 0 radical (unpaired) electrons. The maximum Gasteiger partial charge on any atom is 0.267 e. The Morgan fingerprint density at radius 2 is 0.915 bits per heavy atom. The summed E-state index contributed by atoms with van der Waals surface area (Å²) in [5, 5.41) is 13.2. The number of nitrogens with one attached hydrogen (secondary N) is 1. The van der Waals surface area contributed by atoms with Crippen LogP contribution in [0.2, 0.25) is 0 Å². The number of unbranched alkanes of at least 4 members (excludes halogenated alkanes) is 20. The number of allylic oxidation sites excluding steroid dienone is 7. The highest BCUT2D eigenvalue weighted by molar-refractivity contribution is 7.85. The van der Waals surface area contributed by atoms with Crippen LogP contribution in [0.15, 0.2) is 48.6 Å². The molecule has 0 aliphatic heterocycles. The topological polar surface area (TPSA) is 104 Å². The first-order chi connectivity index (χ1) is 22.8. The highest BCUT2D eigenvalue weighted by Gasteiger charge is 2.24. The molecule has 0 saturated heterocycles.